The molecule has 1 fully saturated rings. The minimum absolute atomic E-state index is 0.0380. The molecule has 0 aromatic carbocycles. The average Bonchev–Trinajstić information content (AvgIpc) is 3.05. The summed E-state index contributed by atoms with van der Waals surface area (Å²) in [5.41, 5.74) is 0. The van der Waals surface area contributed by atoms with E-state index in [4.69, 9.17) is 4.42 Å². The number of hydrogen-bond donors (Lipinski definition) is 1. The number of hydrogen-bond acceptors (Lipinski definition) is 4. The van der Waals surface area contributed by atoms with Crippen molar-refractivity contribution in [3.63, 3.8) is 0 Å². The lowest BCUT2D eigenvalue weighted by molar-refractivity contribution is -0.127. The summed E-state index contributed by atoms with van der Waals surface area (Å²) in [5.74, 6) is 1.00. The SMILES string of the molecule is CCS(=O)(=O)NCC1CCN(C(=O)/C=C/c2ccco2)CC1. The van der Waals surface area contributed by atoms with Crippen molar-refractivity contribution in [2.24, 2.45) is 5.92 Å². The number of amides is 1. The molecule has 1 aliphatic heterocycles. The zero-order valence-electron chi connectivity index (χ0n) is 12.7. The van der Waals surface area contributed by atoms with E-state index >= 15 is 0 Å². The summed E-state index contributed by atoms with van der Waals surface area (Å²) in [5, 5.41) is 0. The lowest BCUT2D eigenvalue weighted by atomic mass is 9.97. The molecule has 1 aromatic rings. The summed E-state index contributed by atoms with van der Waals surface area (Å²) in [4.78, 5) is 13.8. The highest BCUT2D eigenvalue weighted by Crippen LogP contribution is 2.17. The Balaban J connectivity index is 1.76. The third kappa shape index (κ3) is 4.99. The molecule has 6 nitrogen and oxygen atoms in total. The zero-order valence-corrected chi connectivity index (χ0v) is 13.5. The largest absolute Gasteiger partial charge is 0.465 e. The van der Waals surface area contributed by atoms with Crippen LogP contribution in [0.4, 0.5) is 0 Å². The number of nitrogens with one attached hydrogen (secondary N) is 1. The van der Waals surface area contributed by atoms with Crippen LogP contribution in [0.25, 0.3) is 6.08 Å². The second kappa shape index (κ2) is 7.60. The first-order valence-electron chi connectivity index (χ1n) is 7.48. The molecule has 2 rings (SSSR count). The van der Waals surface area contributed by atoms with Crippen molar-refractivity contribution in [2.75, 3.05) is 25.4 Å². The Morgan fingerprint density at radius 2 is 2.18 bits per heavy atom. The Morgan fingerprint density at radius 1 is 1.45 bits per heavy atom. The second-order valence-electron chi connectivity index (χ2n) is 5.37. The number of carbonyl (C=O) groups is 1. The van der Waals surface area contributed by atoms with Gasteiger partial charge in [0.1, 0.15) is 5.76 Å². The van der Waals surface area contributed by atoms with Crippen LogP contribution in [0, 0.1) is 5.92 Å². The molecule has 1 saturated heterocycles. The summed E-state index contributed by atoms with van der Waals surface area (Å²) in [6, 6.07) is 3.56. The molecular formula is C15H22N2O4S. The summed E-state index contributed by atoms with van der Waals surface area (Å²) in [6.07, 6.45) is 6.36. The van der Waals surface area contributed by atoms with Crippen LogP contribution in [0.2, 0.25) is 0 Å². The highest BCUT2D eigenvalue weighted by molar-refractivity contribution is 7.89. The van der Waals surface area contributed by atoms with Gasteiger partial charge < -0.3 is 9.32 Å². The van der Waals surface area contributed by atoms with Gasteiger partial charge in [0, 0.05) is 25.7 Å². The molecule has 0 saturated carbocycles. The van der Waals surface area contributed by atoms with Gasteiger partial charge in [-0.25, -0.2) is 13.1 Å². The van der Waals surface area contributed by atoms with E-state index in [2.05, 4.69) is 4.72 Å². The van der Waals surface area contributed by atoms with Gasteiger partial charge in [-0.15, -0.1) is 0 Å². The van der Waals surface area contributed by atoms with E-state index in [1.54, 1.807) is 36.3 Å². The van der Waals surface area contributed by atoms with Crippen LogP contribution >= 0.6 is 0 Å². The van der Waals surface area contributed by atoms with Gasteiger partial charge in [-0.05, 0) is 43.9 Å². The molecule has 0 spiro atoms. The summed E-state index contributed by atoms with van der Waals surface area (Å²) < 4.78 is 30.6. The minimum Gasteiger partial charge on any atom is -0.465 e. The average molecular weight is 326 g/mol. The highest BCUT2D eigenvalue weighted by atomic mass is 32.2. The third-order valence-corrected chi connectivity index (χ3v) is 5.20. The molecule has 0 atom stereocenters. The molecule has 0 aliphatic carbocycles. The van der Waals surface area contributed by atoms with E-state index in [1.165, 1.54) is 6.08 Å². The fraction of sp³-hybridized carbons (Fsp3) is 0.533. The minimum atomic E-state index is -3.13. The molecule has 22 heavy (non-hydrogen) atoms. The standard InChI is InChI=1S/C15H22N2O4S/c1-2-22(19,20)16-12-13-7-9-17(10-8-13)15(18)6-5-14-4-3-11-21-14/h3-6,11,13,16H,2,7-10,12H2,1H3/b6-5+. The molecular weight excluding hydrogens is 304 g/mol. The molecule has 1 aliphatic rings. The van der Waals surface area contributed by atoms with E-state index in [1.807, 2.05) is 0 Å². The number of likely N-dealkylation sites (tertiary alicyclic amines) is 1. The third-order valence-electron chi connectivity index (χ3n) is 3.83. The van der Waals surface area contributed by atoms with Crippen LogP contribution in [0.5, 0.6) is 0 Å². The van der Waals surface area contributed by atoms with Gasteiger partial charge in [0.05, 0.1) is 12.0 Å². The first kappa shape index (κ1) is 16.8. The summed E-state index contributed by atoms with van der Waals surface area (Å²) >= 11 is 0. The van der Waals surface area contributed by atoms with Crippen molar-refractivity contribution in [3.8, 4) is 0 Å². The van der Waals surface area contributed by atoms with Gasteiger partial charge >= 0.3 is 0 Å². The van der Waals surface area contributed by atoms with Gasteiger partial charge in [0.2, 0.25) is 15.9 Å². The highest BCUT2D eigenvalue weighted by Gasteiger charge is 2.22. The first-order chi connectivity index (χ1) is 10.5. The Hall–Kier alpha value is -1.60. The zero-order chi connectivity index (χ0) is 16.0. The van der Waals surface area contributed by atoms with Gasteiger partial charge in [-0.2, -0.15) is 0 Å². The lowest BCUT2D eigenvalue weighted by Crippen LogP contribution is -2.41. The molecule has 1 aromatic heterocycles. The maximum atomic E-state index is 12.0. The van der Waals surface area contributed by atoms with Crippen molar-refractivity contribution in [1.82, 2.24) is 9.62 Å². The van der Waals surface area contributed by atoms with Crippen molar-refractivity contribution in [2.45, 2.75) is 19.8 Å². The van der Waals surface area contributed by atoms with Crippen LogP contribution in [0.15, 0.2) is 28.9 Å². The number of sulfonamides is 1. The van der Waals surface area contributed by atoms with E-state index in [9.17, 15) is 13.2 Å². The van der Waals surface area contributed by atoms with Crippen LogP contribution in [0.1, 0.15) is 25.5 Å². The van der Waals surface area contributed by atoms with E-state index in [0.717, 1.165) is 12.8 Å². The van der Waals surface area contributed by atoms with E-state index < -0.39 is 10.0 Å². The summed E-state index contributed by atoms with van der Waals surface area (Å²) in [7, 11) is -3.13. The Morgan fingerprint density at radius 3 is 2.77 bits per heavy atom. The molecule has 7 heteroatoms. The van der Waals surface area contributed by atoms with Crippen LogP contribution in [0.3, 0.4) is 0 Å². The van der Waals surface area contributed by atoms with Crippen molar-refractivity contribution < 1.29 is 17.6 Å². The molecule has 0 radical (unpaired) electrons. The van der Waals surface area contributed by atoms with Crippen LogP contribution < -0.4 is 4.72 Å². The van der Waals surface area contributed by atoms with Gasteiger partial charge in [0.25, 0.3) is 0 Å². The van der Waals surface area contributed by atoms with Crippen molar-refractivity contribution in [3.05, 3.63) is 30.2 Å². The quantitative estimate of drug-likeness (QED) is 0.803. The maximum Gasteiger partial charge on any atom is 0.246 e. The molecule has 0 unspecified atom stereocenters. The predicted molar refractivity (Wildman–Crippen MR) is 84.5 cm³/mol. The number of nitrogens with zero attached hydrogens (tertiary/aromatic N) is 1. The summed E-state index contributed by atoms with van der Waals surface area (Å²) in [6.45, 7) is 3.38. The van der Waals surface area contributed by atoms with Crippen LogP contribution in [-0.4, -0.2) is 44.6 Å². The molecule has 1 amide bonds. The molecule has 0 bridgehead atoms. The lowest BCUT2D eigenvalue weighted by Gasteiger charge is -2.31. The number of piperidine rings is 1. The monoisotopic (exact) mass is 326 g/mol. The normalized spacial score (nSPS) is 17.2. The van der Waals surface area contributed by atoms with Gasteiger partial charge in [-0.1, -0.05) is 0 Å². The molecule has 2 heterocycles. The van der Waals surface area contributed by atoms with Gasteiger partial charge in [0.15, 0.2) is 0 Å². The second-order valence-corrected chi connectivity index (χ2v) is 7.46. The number of furan rings is 1. The van der Waals surface area contributed by atoms with Gasteiger partial charge in [-0.3, -0.25) is 4.79 Å². The van der Waals surface area contributed by atoms with E-state index in [-0.39, 0.29) is 11.7 Å². The Labute approximate surface area is 131 Å². The maximum absolute atomic E-state index is 12.0. The predicted octanol–water partition coefficient (Wildman–Crippen LogP) is 1.47. The molecule has 1 N–H and O–H groups in total. The van der Waals surface area contributed by atoms with E-state index in [0.29, 0.717) is 31.3 Å². The van der Waals surface area contributed by atoms with Crippen molar-refractivity contribution >= 4 is 22.0 Å². The van der Waals surface area contributed by atoms with Crippen molar-refractivity contribution in [1.29, 1.82) is 0 Å². The van der Waals surface area contributed by atoms with Crippen LogP contribution in [-0.2, 0) is 14.8 Å². The topological polar surface area (TPSA) is 79.6 Å². The Bertz CT molecular complexity index is 599. The Kier molecular flexibility index (Phi) is 5.79. The fourth-order valence-corrected chi connectivity index (χ4v) is 3.04. The fourth-order valence-electron chi connectivity index (χ4n) is 2.35. The number of rotatable bonds is 6. The first-order valence-corrected chi connectivity index (χ1v) is 9.13. The smallest absolute Gasteiger partial charge is 0.246 e. The number of carbonyl (C=O) groups excluding carboxylic acids is 1. The molecule has 122 valence electrons.